The molecule has 0 bridgehead atoms. The van der Waals surface area contributed by atoms with Crippen molar-refractivity contribution in [3.05, 3.63) is 0 Å². The van der Waals surface area contributed by atoms with Gasteiger partial charge in [0, 0.05) is 19.6 Å². The van der Waals surface area contributed by atoms with E-state index in [0.717, 1.165) is 5.92 Å². The molecular weight excluding hydrogens is 208 g/mol. The lowest BCUT2D eigenvalue weighted by Gasteiger charge is -2.37. The van der Waals surface area contributed by atoms with Crippen molar-refractivity contribution in [2.24, 2.45) is 11.3 Å². The van der Waals surface area contributed by atoms with E-state index in [2.05, 4.69) is 38.2 Å². The second kappa shape index (κ2) is 7.38. The zero-order valence-corrected chi connectivity index (χ0v) is 12.4. The van der Waals surface area contributed by atoms with Gasteiger partial charge in [0.1, 0.15) is 0 Å². The predicted molar refractivity (Wildman–Crippen MR) is 76.4 cm³/mol. The van der Waals surface area contributed by atoms with Crippen LogP contribution in [0.4, 0.5) is 0 Å². The van der Waals surface area contributed by atoms with Crippen LogP contribution in [0.3, 0.4) is 0 Å². The molecule has 0 aromatic heterocycles. The first-order chi connectivity index (χ1) is 8.08. The lowest BCUT2D eigenvalue weighted by molar-refractivity contribution is 0.140. The van der Waals surface area contributed by atoms with E-state index in [-0.39, 0.29) is 0 Å². The molecule has 1 aliphatic carbocycles. The molecule has 0 aromatic carbocycles. The third-order valence-corrected chi connectivity index (χ3v) is 4.00. The Morgan fingerprint density at radius 3 is 2.18 bits per heavy atom. The van der Waals surface area contributed by atoms with Crippen LogP contribution < -0.4 is 5.32 Å². The van der Waals surface area contributed by atoms with Crippen molar-refractivity contribution in [2.75, 3.05) is 33.7 Å². The predicted octanol–water partition coefficient (Wildman–Crippen LogP) is 3.13. The van der Waals surface area contributed by atoms with E-state index in [1.165, 1.54) is 58.2 Å². The molecule has 17 heavy (non-hydrogen) atoms. The van der Waals surface area contributed by atoms with E-state index < -0.39 is 0 Å². The second-order valence-electron chi connectivity index (χ2n) is 6.54. The van der Waals surface area contributed by atoms with Crippen molar-refractivity contribution in [3.8, 4) is 0 Å². The van der Waals surface area contributed by atoms with Crippen molar-refractivity contribution in [2.45, 2.75) is 52.4 Å². The normalized spacial score (nSPS) is 20.8. The summed E-state index contributed by atoms with van der Waals surface area (Å²) in [7, 11) is 4.40. The molecular formula is C15H32N2. The summed E-state index contributed by atoms with van der Waals surface area (Å²) in [6, 6.07) is 0. The smallest absolute Gasteiger partial charge is 0.00472 e. The summed E-state index contributed by atoms with van der Waals surface area (Å²) >= 11 is 0. The Bertz CT molecular complexity index is 193. The summed E-state index contributed by atoms with van der Waals surface area (Å²) in [5, 5.41) is 3.44. The standard InChI is InChI=1S/C15H32N2/c1-14(2)11-17(4)13-15(12-16-3)9-7-5-6-8-10-15/h14,16H,5-13H2,1-4H3. The van der Waals surface area contributed by atoms with Gasteiger partial charge >= 0.3 is 0 Å². The molecule has 102 valence electrons. The first-order valence-electron chi connectivity index (χ1n) is 7.41. The zero-order valence-electron chi connectivity index (χ0n) is 12.4. The number of rotatable bonds is 6. The molecule has 1 N–H and O–H groups in total. The Kier molecular flexibility index (Phi) is 6.50. The van der Waals surface area contributed by atoms with Gasteiger partial charge in [-0.25, -0.2) is 0 Å². The van der Waals surface area contributed by atoms with E-state index in [9.17, 15) is 0 Å². The van der Waals surface area contributed by atoms with Crippen LogP contribution in [0.1, 0.15) is 52.4 Å². The van der Waals surface area contributed by atoms with Crippen LogP contribution in [0.5, 0.6) is 0 Å². The quantitative estimate of drug-likeness (QED) is 0.718. The van der Waals surface area contributed by atoms with Gasteiger partial charge in [0.25, 0.3) is 0 Å². The monoisotopic (exact) mass is 240 g/mol. The van der Waals surface area contributed by atoms with Crippen molar-refractivity contribution in [3.63, 3.8) is 0 Å². The largest absolute Gasteiger partial charge is 0.319 e. The first kappa shape index (κ1) is 15.0. The van der Waals surface area contributed by atoms with Gasteiger partial charge in [0.05, 0.1) is 0 Å². The van der Waals surface area contributed by atoms with Crippen LogP contribution in [-0.4, -0.2) is 38.6 Å². The van der Waals surface area contributed by atoms with Crippen LogP contribution >= 0.6 is 0 Å². The van der Waals surface area contributed by atoms with E-state index in [0.29, 0.717) is 5.41 Å². The van der Waals surface area contributed by atoms with E-state index in [1.54, 1.807) is 0 Å². The molecule has 1 aliphatic rings. The van der Waals surface area contributed by atoms with Crippen molar-refractivity contribution in [1.82, 2.24) is 10.2 Å². The summed E-state index contributed by atoms with van der Waals surface area (Å²) in [4.78, 5) is 2.55. The van der Waals surface area contributed by atoms with E-state index >= 15 is 0 Å². The summed E-state index contributed by atoms with van der Waals surface area (Å²) in [5.41, 5.74) is 0.537. The molecule has 1 saturated carbocycles. The highest BCUT2D eigenvalue weighted by Gasteiger charge is 2.31. The summed E-state index contributed by atoms with van der Waals surface area (Å²) in [6.07, 6.45) is 8.57. The molecule has 0 heterocycles. The average Bonchev–Trinajstić information content (AvgIpc) is 2.43. The fourth-order valence-corrected chi connectivity index (χ4v) is 3.50. The van der Waals surface area contributed by atoms with Crippen molar-refractivity contribution >= 4 is 0 Å². The third kappa shape index (κ3) is 5.39. The first-order valence-corrected chi connectivity index (χ1v) is 7.41. The van der Waals surface area contributed by atoms with Crippen molar-refractivity contribution in [1.29, 1.82) is 0 Å². The molecule has 2 heteroatoms. The highest BCUT2D eigenvalue weighted by molar-refractivity contribution is 4.86. The summed E-state index contributed by atoms with van der Waals surface area (Å²) in [5.74, 6) is 0.775. The molecule has 0 atom stereocenters. The second-order valence-corrected chi connectivity index (χ2v) is 6.54. The molecule has 1 rings (SSSR count). The summed E-state index contributed by atoms with van der Waals surface area (Å²) < 4.78 is 0. The summed E-state index contributed by atoms with van der Waals surface area (Å²) in [6.45, 7) is 8.32. The maximum Gasteiger partial charge on any atom is 0.00472 e. The lowest BCUT2D eigenvalue weighted by Crippen LogP contribution is -2.43. The Labute approximate surface area is 108 Å². The van der Waals surface area contributed by atoms with Crippen LogP contribution in [0.2, 0.25) is 0 Å². The minimum Gasteiger partial charge on any atom is -0.319 e. The average molecular weight is 240 g/mol. The minimum absolute atomic E-state index is 0.537. The highest BCUT2D eigenvalue weighted by atomic mass is 15.1. The van der Waals surface area contributed by atoms with E-state index in [4.69, 9.17) is 0 Å². The maximum atomic E-state index is 3.44. The third-order valence-electron chi connectivity index (χ3n) is 4.00. The van der Waals surface area contributed by atoms with Gasteiger partial charge in [-0.2, -0.15) is 0 Å². The van der Waals surface area contributed by atoms with E-state index in [1.807, 2.05) is 0 Å². The molecule has 0 aromatic rings. The number of hydrogen-bond acceptors (Lipinski definition) is 2. The highest BCUT2D eigenvalue weighted by Crippen LogP contribution is 2.35. The van der Waals surface area contributed by atoms with Crippen LogP contribution in [0.25, 0.3) is 0 Å². The van der Waals surface area contributed by atoms with Gasteiger partial charge in [-0.05, 0) is 38.3 Å². The fourth-order valence-electron chi connectivity index (χ4n) is 3.50. The van der Waals surface area contributed by atoms with Gasteiger partial charge in [0.15, 0.2) is 0 Å². The van der Waals surface area contributed by atoms with Crippen molar-refractivity contribution < 1.29 is 0 Å². The molecule has 0 aliphatic heterocycles. The molecule has 0 amide bonds. The molecule has 0 radical (unpaired) electrons. The molecule has 2 nitrogen and oxygen atoms in total. The Hall–Kier alpha value is -0.0800. The number of hydrogen-bond donors (Lipinski definition) is 1. The van der Waals surface area contributed by atoms with Crippen LogP contribution in [0.15, 0.2) is 0 Å². The van der Waals surface area contributed by atoms with Crippen LogP contribution in [-0.2, 0) is 0 Å². The lowest BCUT2D eigenvalue weighted by atomic mass is 9.79. The van der Waals surface area contributed by atoms with Gasteiger partial charge in [-0.15, -0.1) is 0 Å². The Morgan fingerprint density at radius 1 is 1.12 bits per heavy atom. The maximum absolute atomic E-state index is 3.44. The molecule has 0 unspecified atom stereocenters. The van der Waals surface area contributed by atoms with Gasteiger partial charge in [-0.3, -0.25) is 0 Å². The SMILES string of the molecule is CNCC1(CN(C)CC(C)C)CCCCCC1. The molecule has 1 fully saturated rings. The Balaban J connectivity index is 2.55. The van der Waals surface area contributed by atoms with Gasteiger partial charge in [-0.1, -0.05) is 39.5 Å². The van der Waals surface area contributed by atoms with Gasteiger partial charge in [0.2, 0.25) is 0 Å². The topological polar surface area (TPSA) is 15.3 Å². The number of nitrogens with zero attached hydrogens (tertiary/aromatic N) is 1. The minimum atomic E-state index is 0.537. The fraction of sp³-hybridized carbons (Fsp3) is 1.00. The molecule has 0 saturated heterocycles. The Morgan fingerprint density at radius 2 is 1.71 bits per heavy atom. The van der Waals surface area contributed by atoms with Crippen LogP contribution in [0, 0.1) is 11.3 Å². The number of nitrogens with one attached hydrogen (secondary N) is 1. The van der Waals surface area contributed by atoms with Gasteiger partial charge < -0.3 is 10.2 Å². The zero-order chi connectivity index (χ0) is 12.7. The molecule has 0 spiro atoms.